The quantitative estimate of drug-likeness (QED) is 0.404. The predicted molar refractivity (Wildman–Crippen MR) is 20.5 cm³/mol. The standard InChI is InChI=1S/C3H4N2/c1-2-5-3-4-1/h1-4H/q+1. The summed E-state index contributed by atoms with van der Waals surface area (Å²) in [6.07, 6.45) is 5.08. The van der Waals surface area contributed by atoms with E-state index in [4.69, 9.17) is 0 Å². The average molecular weight is 68.1 g/mol. The van der Waals surface area contributed by atoms with E-state index in [1.807, 2.05) is 0 Å². The van der Waals surface area contributed by atoms with Gasteiger partial charge in [-0.25, -0.2) is 5.32 Å². The molecule has 1 aliphatic rings. The number of nitrogens with one attached hydrogen (secondary N) is 1. The average Bonchev–Trinajstić information content (AvgIpc) is 1.76. The molecule has 0 aliphatic carbocycles. The summed E-state index contributed by atoms with van der Waals surface area (Å²) >= 11 is 0. The van der Waals surface area contributed by atoms with Gasteiger partial charge in [0.2, 0.25) is 0 Å². The fraction of sp³-hybridized carbons (Fsp3) is 0. The topological polar surface area (TPSA) is 26.1 Å². The van der Waals surface area contributed by atoms with Gasteiger partial charge in [0, 0.05) is 0 Å². The summed E-state index contributed by atoms with van der Waals surface area (Å²) < 4.78 is 0. The van der Waals surface area contributed by atoms with E-state index in [0.29, 0.717) is 0 Å². The van der Waals surface area contributed by atoms with Gasteiger partial charge in [0.05, 0.1) is 0 Å². The van der Waals surface area contributed by atoms with Crippen LogP contribution in [0.15, 0.2) is 12.4 Å². The zero-order chi connectivity index (χ0) is 3.54. The van der Waals surface area contributed by atoms with E-state index in [2.05, 4.69) is 10.3 Å². The Bertz CT molecular complexity index is 63.0. The third-order valence-electron chi connectivity index (χ3n) is 0.406. The minimum absolute atomic E-state index is 1.62. The Labute approximate surface area is 30.2 Å². The third-order valence-corrected chi connectivity index (χ3v) is 0.406. The van der Waals surface area contributed by atoms with Gasteiger partial charge in [-0.15, -0.1) is 0 Å². The molecule has 0 unspecified atom stereocenters. The van der Waals surface area contributed by atoms with Gasteiger partial charge in [-0.05, 0) is 0 Å². The number of hydrogen-bond donors (Lipinski definition) is 1. The van der Waals surface area contributed by atoms with Crippen molar-refractivity contribution in [3.8, 4) is 0 Å². The molecule has 5 heavy (non-hydrogen) atoms. The number of rotatable bonds is 0. The lowest BCUT2D eigenvalue weighted by molar-refractivity contribution is 1.37. The highest BCUT2D eigenvalue weighted by Gasteiger charge is 1.83. The molecule has 1 N–H and O–H groups in total. The van der Waals surface area contributed by atoms with Crippen LogP contribution >= 0.6 is 0 Å². The molecule has 0 spiro atoms. The van der Waals surface area contributed by atoms with Crippen LogP contribution in [0.5, 0.6) is 0 Å². The van der Waals surface area contributed by atoms with Crippen LogP contribution in [0.4, 0.5) is 0 Å². The van der Waals surface area contributed by atoms with Gasteiger partial charge in [-0.1, -0.05) is 4.99 Å². The minimum Gasteiger partial charge on any atom is -0.247 e. The van der Waals surface area contributed by atoms with Gasteiger partial charge >= 0.3 is 0 Å². The molecule has 0 amide bonds. The first-order chi connectivity index (χ1) is 2.50. The molecular formula is C3H4N2+. The van der Waals surface area contributed by atoms with Crippen LogP contribution in [-0.4, -0.2) is 6.34 Å². The molecule has 1 rings (SSSR count). The summed E-state index contributed by atoms with van der Waals surface area (Å²) in [5.74, 6) is 0. The molecule has 0 saturated heterocycles. The lowest BCUT2D eigenvalue weighted by atomic mass is 11.0. The fourth-order valence-electron chi connectivity index (χ4n) is 0.215. The van der Waals surface area contributed by atoms with Crippen LogP contribution in [0.3, 0.4) is 0 Å². The van der Waals surface area contributed by atoms with E-state index in [0.717, 1.165) is 0 Å². The van der Waals surface area contributed by atoms with Crippen LogP contribution in [0.25, 0.3) is 0 Å². The molecule has 1 radical (unpaired) electrons. The first-order valence-electron chi connectivity index (χ1n) is 1.43. The van der Waals surface area contributed by atoms with Crippen LogP contribution in [0.2, 0.25) is 0 Å². The lowest BCUT2D eigenvalue weighted by Crippen LogP contribution is -1.94. The SMILES string of the molecule is C1=CNC=[N+]1. The maximum atomic E-state index is 3.67. The van der Waals surface area contributed by atoms with Crippen molar-refractivity contribution < 1.29 is 0 Å². The van der Waals surface area contributed by atoms with E-state index in [1.54, 1.807) is 18.7 Å². The summed E-state index contributed by atoms with van der Waals surface area (Å²) in [5, 5.41) is 2.75. The maximum absolute atomic E-state index is 3.67. The van der Waals surface area contributed by atoms with Crippen LogP contribution < -0.4 is 10.3 Å². The smallest absolute Gasteiger partial charge is 0.247 e. The Hall–Kier alpha value is -0.790. The van der Waals surface area contributed by atoms with Crippen molar-refractivity contribution in [2.45, 2.75) is 0 Å². The van der Waals surface area contributed by atoms with Crippen LogP contribution in [0.1, 0.15) is 0 Å². The van der Waals surface area contributed by atoms with Gasteiger partial charge < -0.3 is 0 Å². The van der Waals surface area contributed by atoms with Crippen LogP contribution in [0, 0.1) is 0 Å². The second kappa shape index (κ2) is 0.885. The molecule has 1 aliphatic heterocycles. The highest BCUT2D eigenvalue weighted by atomic mass is 15.0. The Balaban J connectivity index is 2.61. The normalized spacial score (nSPS) is 16.0. The monoisotopic (exact) mass is 68.0 g/mol. The summed E-state index contributed by atoms with van der Waals surface area (Å²) in [7, 11) is 0. The van der Waals surface area contributed by atoms with Gasteiger partial charge in [0.25, 0.3) is 6.34 Å². The first kappa shape index (κ1) is 2.45. The van der Waals surface area contributed by atoms with E-state index in [1.165, 1.54) is 0 Å². The second-order valence-corrected chi connectivity index (χ2v) is 0.761. The maximum Gasteiger partial charge on any atom is 0.284 e. The van der Waals surface area contributed by atoms with E-state index >= 15 is 0 Å². The van der Waals surface area contributed by atoms with E-state index in [9.17, 15) is 0 Å². The molecule has 2 heteroatoms. The summed E-state index contributed by atoms with van der Waals surface area (Å²) in [4.78, 5) is 3.67. The Kier molecular flexibility index (Phi) is 0.433. The lowest BCUT2D eigenvalue weighted by Gasteiger charge is -1.54. The number of nitrogens with zero attached hydrogens (tertiary/aromatic N) is 1. The zero-order valence-corrected chi connectivity index (χ0v) is 2.68. The van der Waals surface area contributed by atoms with Crippen molar-refractivity contribution in [1.82, 2.24) is 10.3 Å². The first-order valence-corrected chi connectivity index (χ1v) is 1.43. The van der Waals surface area contributed by atoms with Gasteiger partial charge in [0.1, 0.15) is 6.20 Å². The Morgan fingerprint density at radius 1 is 1.60 bits per heavy atom. The fourth-order valence-corrected chi connectivity index (χ4v) is 0.215. The highest BCUT2D eigenvalue weighted by molar-refractivity contribution is 5.57. The van der Waals surface area contributed by atoms with Crippen molar-refractivity contribution in [3.63, 3.8) is 0 Å². The molecule has 25 valence electrons. The summed E-state index contributed by atoms with van der Waals surface area (Å²) in [6.45, 7) is 0. The van der Waals surface area contributed by atoms with E-state index in [-0.39, 0.29) is 0 Å². The number of aliphatic imine (C=N–C) groups is 1. The molecule has 0 aromatic carbocycles. The summed E-state index contributed by atoms with van der Waals surface area (Å²) in [6, 6.07) is 0. The van der Waals surface area contributed by atoms with Crippen molar-refractivity contribution in [2.75, 3.05) is 0 Å². The molecule has 1 heterocycles. The van der Waals surface area contributed by atoms with Gasteiger partial charge in [-0.2, -0.15) is 0 Å². The Morgan fingerprint density at radius 2 is 2.60 bits per heavy atom. The van der Waals surface area contributed by atoms with Crippen molar-refractivity contribution in [3.05, 3.63) is 12.4 Å². The second-order valence-electron chi connectivity index (χ2n) is 0.761. The van der Waals surface area contributed by atoms with Crippen molar-refractivity contribution in [1.29, 1.82) is 0 Å². The molecule has 0 saturated carbocycles. The molecule has 0 bridgehead atoms. The van der Waals surface area contributed by atoms with Crippen molar-refractivity contribution >= 4 is 6.34 Å². The van der Waals surface area contributed by atoms with Crippen LogP contribution in [-0.2, 0) is 0 Å². The molecule has 2 nitrogen and oxygen atoms in total. The Morgan fingerprint density at radius 3 is 2.80 bits per heavy atom. The summed E-state index contributed by atoms with van der Waals surface area (Å²) in [5.41, 5.74) is 0. The highest BCUT2D eigenvalue weighted by Crippen LogP contribution is 1.58. The molecule has 0 atom stereocenters. The number of hydrogen-bond acceptors (Lipinski definition) is 2. The van der Waals surface area contributed by atoms with Crippen molar-refractivity contribution in [2.24, 2.45) is 0 Å². The molecule has 0 fully saturated rings. The molecular weight excluding hydrogens is 64.0 g/mol. The molecule has 0 aromatic heterocycles. The van der Waals surface area contributed by atoms with Gasteiger partial charge in [-0.3, -0.25) is 0 Å². The van der Waals surface area contributed by atoms with Gasteiger partial charge in [0.15, 0.2) is 6.20 Å². The predicted octanol–water partition coefficient (Wildman–Crippen LogP) is -0.575. The third kappa shape index (κ3) is 0.265. The van der Waals surface area contributed by atoms with E-state index < -0.39 is 0 Å². The largest absolute Gasteiger partial charge is 0.284 e. The minimum atomic E-state index is 1.62. The zero-order valence-electron chi connectivity index (χ0n) is 2.68. The molecule has 0 aromatic rings.